The number of alkyl halides is 3. The maximum Gasteiger partial charge on any atom is 0.416 e. The third-order valence-corrected chi connectivity index (χ3v) is 5.86. The van der Waals surface area contributed by atoms with Crippen LogP contribution in [0.5, 0.6) is 0 Å². The largest absolute Gasteiger partial charge is 0.416 e. The summed E-state index contributed by atoms with van der Waals surface area (Å²) in [4.78, 5) is 37.7. The topological polar surface area (TPSA) is 94.1 Å². The molecule has 2 N–H and O–H groups in total. The first kappa shape index (κ1) is 21.6. The zero-order chi connectivity index (χ0) is 22.9. The van der Waals surface area contributed by atoms with Crippen LogP contribution in [0.1, 0.15) is 24.8 Å². The summed E-state index contributed by atoms with van der Waals surface area (Å²) in [5, 5.41) is 6.56. The van der Waals surface area contributed by atoms with Crippen molar-refractivity contribution in [3.8, 4) is 0 Å². The van der Waals surface area contributed by atoms with Gasteiger partial charge in [0.1, 0.15) is 5.69 Å². The summed E-state index contributed by atoms with van der Waals surface area (Å²) in [5.74, 6) is -0.320. The average molecular weight is 447 g/mol. The van der Waals surface area contributed by atoms with Crippen LogP contribution in [0.4, 0.5) is 35.0 Å². The van der Waals surface area contributed by atoms with E-state index < -0.39 is 23.3 Å². The predicted molar refractivity (Wildman–Crippen MR) is 111 cm³/mol. The van der Waals surface area contributed by atoms with E-state index >= 15 is 0 Å². The summed E-state index contributed by atoms with van der Waals surface area (Å²) in [7, 11) is 0. The zero-order valence-corrected chi connectivity index (χ0v) is 16.9. The van der Waals surface area contributed by atoms with Gasteiger partial charge in [-0.3, -0.25) is 10.2 Å². The molecule has 11 heteroatoms. The van der Waals surface area contributed by atoms with Crippen LogP contribution in [-0.2, 0) is 11.0 Å². The number of hydrogen-bond acceptors (Lipinski definition) is 5. The van der Waals surface area contributed by atoms with Crippen molar-refractivity contribution in [2.24, 2.45) is 5.18 Å². The van der Waals surface area contributed by atoms with Crippen LogP contribution >= 0.6 is 0 Å². The minimum atomic E-state index is -4.53. The second-order valence-corrected chi connectivity index (χ2v) is 7.87. The molecule has 0 aromatic heterocycles. The predicted octanol–water partition coefficient (Wildman–Crippen LogP) is 4.41. The number of anilines is 2. The average Bonchev–Trinajstić information content (AvgIpc) is 3.09. The summed E-state index contributed by atoms with van der Waals surface area (Å²) in [6.45, 7) is 1.10. The number of nitrogens with one attached hydrogen (secondary N) is 2. The molecular formula is C21H20F3N5O3. The molecule has 8 nitrogen and oxygen atoms in total. The highest BCUT2D eigenvalue weighted by Gasteiger charge is 2.49. The Morgan fingerprint density at radius 1 is 1.09 bits per heavy atom. The Hall–Kier alpha value is -3.63. The van der Waals surface area contributed by atoms with Gasteiger partial charge in [-0.2, -0.15) is 13.2 Å². The number of nitrogens with zero attached hydrogens (tertiary/aromatic N) is 3. The SMILES string of the molecule is O=Nc1ccc(N2CCC3(CC2)CC(=O)NN3C(=O)Nc2cccc(C(F)(F)F)c2)cc1. The van der Waals surface area contributed by atoms with Crippen LogP contribution in [0.2, 0.25) is 0 Å². The Morgan fingerprint density at radius 3 is 2.41 bits per heavy atom. The minimum absolute atomic E-state index is 0.0116. The standard InChI is InChI=1S/C21H20F3N5O3/c22-21(23,24)14-2-1-3-16(12-14)25-19(31)29-20(13-18(30)26-29)8-10-28(11-9-20)17-6-4-15(27-32)5-7-17/h1-7,12H,8-11,13H2,(H,25,31)(H,26,30). The van der Waals surface area contributed by atoms with Crippen LogP contribution in [0.25, 0.3) is 0 Å². The Labute approximate surface area is 181 Å². The fourth-order valence-corrected chi connectivity index (χ4v) is 4.19. The van der Waals surface area contributed by atoms with Gasteiger partial charge in [0.05, 0.1) is 17.5 Å². The molecule has 2 aromatic rings. The monoisotopic (exact) mass is 447 g/mol. The number of nitroso groups, excluding NO2 is 1. The summed E-state index contributed by atoms with van der Waals surface area (Å²) < 4.78 is 38.9. The highest BCUT2D eigenvalue weighted by atomic mass is 19.4. The van der Waals surface area contributed by atoms with Gasteiger partial charge in [-0.05, 0) is 60.5 Å². The number of rotatable bonds is 3. The third-order valence-electron chi connectivity index (χ3n) is 5.86. The van der Waals surface area contributed by atoms with Crippen LogP contribution in [0.15, 0.2) is 53.7 Å². The van der Waals surface area contributed by atoms with E-state index in [9.17, 15) is 27.7 Å². The number of hydrazine groups is 1. The molecule has 0 saturated carbocycles. The van der Waals surface area contributed by atoms with E-state index in [0.29, 0.717) is 31.6 Å². The molecule has 2 saturated heterocycles. The van der Waals surface area contributed by atoms with Crippen molar-refractivity contribution in [3.05, 3.63) is 59.0 Å². The number of piperidine rings is 1. The number of carbonyl (C=O) groups excluding carboxylic acids is 2. The second kappa shape index (κ2) is 8.13. The van der Waals surface area contributed by atoms with Crippen molar-refractivity contribution in [2.75, 3.05) is 23.3 Å². The quantitative estimate of drug-likeness (QED) is 0.682. The van der Waals surface area contributed by atoms with E-state index in [-0.39, 0.29) is 18.0 Å². The van der Waals surface area contributed by atoms with Crippen molar-refractivity contribution < 1.29 is 22.8 Å². The number of carbonyl (C=O) groups is 2. The van der Waals surface area contributed by atoms with Gasteiger partial charge in [0, 0.05) is 24.5 Å². The van der Waals surface area contributed by atoms with Gasteiger partial charge in [0.25, 0.3) is 0 Å². The summed E-state index contributed by atoms with van der Waals surface area (Å²) >= 11 is 0. The second-order valence-electron chi connectivity index (χ2n) is 7.87. The molecule has 2 aromatic carbocycles. The molecule has 3 amide bonds. The van der Waals surface area contributed by atoms with Gasteiger partial charge in [-0.25, -0.2) is 9.80 Å². The van der Waals surface area contributed by atoms with E-state index in [1.54, 1.807) is 24.3 Å². The molecule has 0 unspecified atom stereocenters. The van der Waals surface area contributed by atoms with Gasteiger partial charge in [0.2, 0.25) is 5.91 Å². The Bertz CT molecular complexity index is 1030. The van der Waals surface area contributed by atoms with Gasteiger partial charge in [0.15, 0.2) is 0 Å². The lowest BCUT2D eigenvalue weighted by Gasteiger charge is -2.43. The van der Waals surface area contributed by atoms with Gasteiger partial charge < -0.3 is 10.2 Å². The van der Waals surface area contributed by atoms with Crippen LogP contribution < -0.4 is 15.6 Å². The molecule has 168 valence electrons. The van der Waals surface area contributed by atoms with Gasteiger partial charge in [-0.1, -0.05) is 6.07 Å². The first-order chi connectivity index (χ1) is 15.2. The molecule has 2 aliphatic heterocycles. The van der Waals surface area contributed by atoms with Gasteiger partial charge >= 0.3 is 12.2 Å². The van der Waals surface area contributed by atoms with E-state index in [4.69, 9.17) is 0 Å². The molecule has 2 fully saturated rings. The number of halogens is 3. The van der Waals surface area contributed by atoms with Crippen LogP contribution in [0, 0.1) is 4.91 Å². The first-order valence-corrected chi connectivity index (χ1v) is 9.97. The highest BCUT2D eigenvalue weighted by Crippen LogP contribution is 2.37. The fraction of sp³-hybridized carbons (Fsp3) is 0.333. The van der Waals surface area contributed by atoms with Crippen molar-refractivity contribution in [3.63, 3.8) is 0 Å². The molecule has 0 atom stereocenters. The molecule has 2 heterocycles. The summed E-state index contributed by atoms with van der Waals surface area (Å²) in [5.41, 5.74) is 2.10. The first-order valence-electron chi connectivity index (χ1n) is 9.97. The smallest absolute Gasteiger partial charge is 0.371 e. The fourth-order valence-electron chi connectivity index (χ4n) is 4.19. The lowest BCUT2D eigenvalue weighted by atomic mass is 9.84. The summed E-state index contributed by atoms with van der Waals surface area (Å²) in [6.07, 6.45) is -3.45. The Balaban J connectivity index is 1.47. The third kappa shape index (κ3) is 4.23. The lowest BCUT2D eigenvalue weighted by molar-refractivity contribution is -0.137. The zero-order valence-electron chi connectivity index (χ0n) is 16.9. The van der Waals surface area contributed by atoms with Crippen LogP contribution in [0.3, 0.4) is 0 Å². The maximum absolute atomic E-state index is 13.0. The van der Waals surface area contributed by atoms with Gasteiger partial charge in [-0.15, -0.1) is 4.91 Å². The van der Waals surface area contributed by atoms with E-state index in [0.717, 1.165) is 17.8 Å². The molecule has 0 radical (unpaired) electrons. The molecule has 0 aliphatic carbocycles. The molecule has 2 aliphatic rings. The Kier molecular flexibility index (Phi) is 5.49. The molecule has 1 spiro atoms. The molecule has 32 heavy (non-hydrogen) atoms. The number of urea groups is 1. The molecular weight excluding hydrogens is 427 g/mol. The van der Waals surface area contributed by atoms with Crippen LogP contribution in [-0.4, -0.2) is 35.6 Å². The van der Waals surface area contributed by atoms with E-state index in [1.807, 2.05) is 0 Å². The number of amides is 3. The van der Waals surface area contributed by atoms with E-state index in [2.05, 4.69) is 20.8 Å². The van der Waals surface area contributed by atoms with E-state index in [1.165, 1.54) is 17.1 Å². The summed E-state index contributed by atoms with van der Waals surface area (Å²) in [6, 6.07) is 10.4. The van der Waals surface area contributed by atoms with Crippen molar-refractivity contribution >= 4 is 29.0 Å². The maximum atomic E-state index is 13.0. The molecule has 4 rings (SSSR count). The van der Waals surface area contributed by atoms with Crippen molar-refractivity contribution in [2.45, 2.75) is 31.0 Å². The molecule has 0 bridgehead atoms. The lowest BCUT2D eigenvalue weighted by Crippen LogP contribution is -2.58. The number of benzene rings is 2. The normalized spacial score (nSPS) is 17.9. The Morgan fingerprint density at radius 2 is 1.78 bits per heavy atom. The van der Waals surface area contributed by atoms with Crippen molar-refractivity contribution in [1.29, 1.82) is 0 Å². The van der Waals surface area contributed by atoms with Crippen molar-refractivity contribution in [1.82, 2.24) is 10.4 Å². The highest BCUT2D eigenvalue weighted by molar-refractivity contribution is 5.94. The number of hydrogen-bond donors (Lipinski definition) is 2. The minimum Gasteiger partial charge on any atom is -0.371 e.